The van der Waals surface area contributed by atoms with Crippen molar-refractivity contribution in [1.29, 1.82) is 0 Å². The van der Waals surface area contributed by atoms with Crippen molar-refractivity contribution in [2.75, 3.05) is 0 Å². The van der Waals surface area contributed by atoms with Crippen LogP contribution in [0.1, 0.15) is 18.1 Å². The molecule has 2 heteroatoms. The molecule has 0 aliphatic rings. The van der Waals surface area contributed by atoms with E-state index in [1.54, 1.807) is 19.3 Å². The van der Waals surface area contributed by atoms with Crippen LogP contribution in [0.25, 0.3) is 0 Å². The van der Waals surface area contributed by atoms with E-state index in [4.69, 9.17) is 5.11 Å². The average molecular weight is 161 g/mol. The lowest BCUT2D eigenvalue weighted by Crippen LogP contribution is -1.93. The van der Waals surface area contributed by atoms with Gasteiger partial charge in [-0.1, -0.05) is 11.8 Å². The number of aryl methyl sites for hydroxylation is 1. The lowest BCUT2D eigenvalue weighted by atomic mass is 10.1. The van der Waals surface area contributed by atoms with Gasteiger partial charge in [0.15, 0.2) is 0 Å². The Morgan fingerprint density at radius 3 is 2.92 bits per heavy atom. The van der Waals surface area contributed by atoms with Gasteiger partial charge in [0.05, 0.1) is 0 Å². The van der Waals surface area contributed by atoms with E-state index in [-0.39, 0.29) is 0 Å². The zero-order valence-electron chi connectivity index (χ0n) is 7.20. The van der Waals surface area contributed by atoms with Crippen molar-refractivity contribution >= 4 is 0 Å². The molecule has 0 aliphatic heterocycles. The van der Waals surface area contributed by atoms with Gasteiger partial charge in [0, 0.05) is 18.0 Å². The van der Waals surface area contributed by atoms with Gasteiger partial charge in [-0.15, -0.1) is 0 Å². The molecule has 0 unspecified atom stereocenters. The van der Waals surface area contributed by atoms with Crippen LogP contribution < -0.4 is 0 Å². The van der Waals surface area contributed by atoms with Crippen molar-refractivity contribution in [3.05, 3.63) is 29.6 Å². The summed E-state index contributed by atoms with van der Waals surface area (Å²) in [6.07, 6.45) is 2.85. The van der Waals surface area contributed by atoms with E-state index < -0.39 is 6.10 Å². The van der Waals surface area contributed by atoms with Crippen LogP contribution in [0.3, 0.4) is 0 Å². The molecule has 1 rings (SSSR count). The lowest BCUT2D eigenvalue weighted by molar-refractivity contribution is 0.253. The number of aliphatic hydroxyl groups is 1. The first-order valence-electron chi connectivity index (χ1n) is 3.80. The Bertz CT molecular complexity index is 320. The Morgan fingerprint density at radius 2 is 2.33 bits per heavy atom. The molecule has 1 N–H and O–H groups in total. The fourth-order valence-corrected chi connectivity index (χ4v) is 0.777. The number of hydrogen-bond acceptors (Lipinski definition) is 2. The van der Waals surface area contributed by atoms with Crippen LogP contribution in [0.15, 0.2) is 18.5 Å². The van der Waals surface area contributed by atoms with E-state index >= 15 is 0 Å². The number of hydrogen-bond donors (Lipinski definition) is 1. The molecule has 0 saturated carbocycles. The van der Waals surface area contributed by atoms with Crippen LogP contribution in [-0.2, 0) is 0 Å². The predicted molar refractivity (Wildman–Crippen MR) is 47.5 cm³/mol. The Morgan fingerprint density at radius 1 is 1.58 bits per heavy atom. The molecule has 0 bridgehead atoms. The molecule has 0 spiro atoms. The summed E-state index contributed by atoms with van der Waals surface area (Å²) in [7, 11) is 0. The van der Waals surface area contributed by atoms with Crippen LogP contribution in [0, 0.1) is 18.8 Å². The highest BCUT2D eigenvalue weighted by atomic mass is 16.3. The van der Waals surface area contributed by atoms with Crippen molar-refractivity contribution in [2.45, 2.75) is 20.0 Å². The zero-order valence-corrected chi connectivity index (χ0v) is 7.20. The molecule has 0 amide bonds. The monoisotopic (exact) mass is 161 g/mol. The highest BCUT2D eigenvalue weighted by molar-refractivity contribution is 5.38. The quantitative estimate of drug-likeness (QED) is 0.578. The van der Waals surface area contributed by atoms with Gasteiger partial charge in [-0.3, -0.25) is 4.98 Å². The Hall–Kier alpha value is -1.33. The number of rotatable bonds is 0. The summed E-state index contributed by atoms with van der Waals surface area (Å²) in [5.74, 6) is 5.52. The zero-order chi connectivity index (χ0) is 8.97. The van der Waals surface area contributed by atoms with Crippen LogP contribution in [-0.4, -0.2) is 16.2 Å². The topological polar surface area (TPSA) is 33.1 Å². The lowest BCUT2D eigenvalue weighted by Gasteiger charge is -1.94. The fraction of sp³-hybridized carbons (Fsp3) is 0.300. The highest BCUT2D eigenvalue weighted by Crippen LogP contribution is 2.01. The van der Waals surface area contributed by atoms with E-state index in [1.807, 2.05) is 13.0 Å². The first kappa shape index (κ1) is 8.76. The molecule has 0 fully saturated rings. The smallest absolute Gasteiger partial charge is 0.112 e. The molecule has 1 aromatic rings. The third-order valence-electron chi connectivity index (χ3n) is 1.45. The minimum Gasteiger partial charge on any atom is -0.381 e. The van der Waals surface area contributed by atoms with Gasteiger partial charge in [-0.05, 0) is 25.5 Å². The standard InChI is InChI=1S/C10H11NO/c1-8-5-6-11-7-10(8)4-3-9(2)12/h5-7,9,12H,1-2H3/t9-/m1/s1. The van der Waals surface area contributed by atoms with E-state index in [0.29, 0.717) is 0 Å². The molecule has 0 saturated heterocycles. The van der Waals surface area contributed by atoms with Crippen molar-refractivity contribution in [1.82, 2.24) is 4.98 Å². The molecule has 62 valence electrons. The maximum Gasteiger partial charge on any atom is 0.112 e. The SMILES string of the molecule is Cc1ccncc1C#C[C@@H](C)O. The van der Waals surface area contributed by atoms with Crippen molar-refractivity contribution in [3.63, 3.8) is 0 Å². The van der Waals surface area contributed by atoms with Gasteiger partial charge in [0.25, 0.3) is 0 Å². The Kier molecular flexibility index (Phi) is 2.84. The predicted octanol–water partition coefficient (Wildman–Crippen LogP) is 1.12. The largest absolute Gasteiger partial charge is 0.381 e. The second-order valence-electron chi connectivity index (χ2n) is 2.64. The van der Waals surface area contributed by atoms with Crippen molar-refractivity contribution in [3.8, 4) is 11.8 Å². The molecule has 1 aromatic heterocycles. The molecular weight excluding hydrogens is 150 g/mol. The Balaban J connectivity index is 2.92. The van der Waals surface area contributed by atoms with Crippen molar-refractivity contribution < 1.29 is 5.11 Å². The molecule has 0 aromatic carbocycles. The van der Waals surface area contributed by atoms with E-state index in [1.165, 1.54) is 0 Å². The Labute approximate surface area is 72.3 Å². The van der Waals surface area contributed by atoms with Crippen LogP contribution in [0.4, 0.5) is 0 Å². The summed E-state index contributed by atoms with van der Waals surface area (Å²) in [4.78, 5) is 3.94. The van der Waals surface area contributed by atoms with Crippen LogP contribution in [0.5, 0.6) is 0 Å². The van der Waals surface area contributed by atoms with Gasteiger partial charge in [0.1, 0.15) is 6.10 Å². The molecule has 0 aliphatic carbocycles. The summed E-state index contributed by atoms with van der Waals surface area (Å²) in [5, 5.41) is 8.91. The molecule has 2 nitrogen and oxygen atoms in total. The summed E-state index contributed by atoms with van der Waals surface area (Å²) < 4.78 is 0. The summed E-state index contributed by atoms with van der Waals surface area (Å²) in [6, 6.07) is 1.89. The number of pyridine rings is 1. The first-order valence-corrected chi connectivity index (χ1v) is 3.80. The van der Waals surface area contributed by atoms with Crippen molar-refractivity contribution in [2.24, 2.45) is 0 Å². The third-order valence-corrected chi connectivity index (χ3v) is 1.45. The maximum atomic E-state index is 8.91. The van der Waals surface area contributed by atoms with Crippen LogP contribution >= 0.6 is 0 Å². The maximum absolute atomic E-state index is 8.91. The van der Waals surface area contributed by atoms with Gasteiger partial charge < -0.3 is 5.11 Å². The molecule has 0 radical (unpaired) electrons. The summed E-state index contributed by atoms with van der Waals surface area (Å²) >= 11 is 0. The van der Waals surface area contributed by atoms with Gasteiger partial charge in [-0.25, -0.2) is 0 Å². The van der Waals surface area contributed by atoms with E-state index in [9.17, 15) is 0 Å². The number of aromatic nitrogens is 1. The third kappa shape index (κ3) is 2.37. The summed E-state index contributed by atoms with van der Waals surface area (Å²) in [6.45, 7) is 3.60. The summed E-state index contributed by atoms with van der Waals surface area (Å²) in [5.41, 5.74) is 1.96. The molecule has 12 heavy (non-hydrogen) atoms. The fourth-order valence-electron chi connectivity index (χ4n) is 0.777. The van der Waals surface area contributed by atoms with Gasteiger partial charge in [0.2, 0.25) is 0 Å². The van der Waals surface area contributed by atoms with E-state index in [0.717, 1.165) is 11.1 Å². The molecule has 1 atom stereocenters. The second kappa shape index (κ2) is 3.89. The minimum atomic E-state index is -0.579. The second-order valence-corrected chi connectivity index (χ2v) is 2.64. The number of aliphatic hydroxyl groups excluding tert-OH is 1. The normalized spacial score (nSPS) is 11.6. The van der Waals surface area contributed by atoms with Gasteiger partial charge >= 0.3 is 0 Å². The van der Waals surface area contributed by atoms with Crippen LogP contribution in [0.2, 0.25) is 0 Å². The number of nitrogens with zero attached hydrogens (tertiary/aromatic N) is 1. The molecule has 1 heterocycles. The minimum absolute atomic E-state index is 0.579. The molecular formula is C10H11NO. The van der Waals surface area contributed by atoms with E-state index in [2.05, 4.69) is 16.8 Å². The highest BCUT2D eigenvalue weighted by Gasteiger charge is 1.91. The average Bonchev–Trinajstić information content (AvgIpc) is 2.03. The van der Waals surface area contributed by atoms with Gasteiger partial charge in [-0.2, -0.15) is 0 Å². The first-order chi connectivity index (χ1) is 5.70.